The number of halogens is 2. The standard InChI is InChI=1S/C13H12Cl2NOS/c1-8-9(2)18-7-16(8)6-12(17)13-10(14)4-3-5-11(13)15/h3-5,7H,6H2,1-2H3/q+1. The summed E-state index contributed by atoms with van der Waals surface area (Å²) in [5.74, 6) is -0.0727. The molecule has 2 rings (SSSR count). The van der Waals surface area contributed by atoms with Crippen LogP contribution >= 0.6 is 34.5 Å². The summed E-state index contributed by atoms with van der Waals surface area (Å²) in [6.45, 7) is 4.29. The first-order valence-electron chi connectivity index (χ1n) is 5.42. The van der Waals surface area contributed by atoms with Gasteiger partial charge in [0.05, 0.1) is 20.5 Å². The summed E-state index contributed by atoms with van der Waals surface area (Å²) >= 11 is 13.7. The summed E-state index contributed by atoms with van der Waals surface area (Å²) in [6, 6.07) is 5.09. The minimum absolute atomic E-state index is 0.0727. The topological polar surface area (TPSA) is 20.9 Å². The van der Waals surface area contributed by atoms with Crippen LogP contribution in [0.25, 0.3) is 0 Å². The molecule has 2 aromatic rings. The van der Waals surface area contributed by atoms with Gasteiger partial charge in [0.1, 0.15) is 0 Å². The first-order chi connectivity index (χ1) is 8.50. The van der Waals surface area contributed by atoms with E-state index in [1.807, 2.05) is 23.9 Å². The molecule has 0 amide bonds. The summed E-state index contributed by atoms with van der Waals surface area (Å²) in [5.41, 5.74) is 3.43. The van der Waals surface area contributed by atoms with Gasteiger partial charge in [-0.2, -0.15) is 4.57 Å². The zero-order valence-corrected chi connectivity index (χ0v) is 12.4. The van der Waals surface area contributed by atoms with Crippen LogP contribution in [0.15, 0.2) is 23.7 Å². The smallest absolute Gasteiger partial charge is 0.230 e. The average molecular weight is 301 g/mol. The summed E-state index contributed by atoms with van der Waals surface area (Å²) in [5, 5.41) is 0.801. The zero-order valence-electron chi connectivity index (χ0n) is 10.0. The first-order valence-corrected chi connectivity index (χ1v) is 7.05. The molecular weight excluding hydrogens is 289 g/mol. The first kappa shape index (κ1) is 13.5. The highest BCUT2D eigenvalue weighted by atomic mass is 35.5. The van der Waals surface area contributed by atoms with Gasteiger partial charge in [-0.3, -0.25) is 4.79 Å². The van der Waals surface area contributed by atoms with Gasteiger partial charge in [0, 0.05) is 6.92 Å². The van der Waals surface area contributed by atoms with E-state index in [1.54, 1.807) is 29.5 Å². The van der Waals surface area contributed by atoms with E-state index in [4.69, 9.17) is 23.2 Å². The highest BCUT2D eigenvalue weighted by Gasteiger charge is 2.21. The van der Waals surface area contributed by atoms with Gasteiger partial charge in [-0.05, 0) is 19.1 Å². The van der Waals surface area contributed by atoms with Gasteiger partial charge >= 0.3 is 0 Å². The maximum atomic E-state index is 12.2. The van der Waals surface area contributed by atoms with Crippen molar-refractivity contribution in [1.82, 2.24) is 0 Å². The van der Waals surface area contributed by atoms with E-state index >= 15 is 0 Å². The van der Waals surface area contributed by atoms with E-state index in [1.165, 1.54) is 4.88 Å². The van der Waals surface area contributed by atoms with E-state index in [0.29, 0.717) is 15.6 Å². The van der Waals surface area contributed by atoms with Gasteiger partial charge in [0.2, 0.25) is 17.8 Å². The highest BCUT2D eigenvalue weighted by Crippen LogP contribution is 2.24. The lowest BCUT2D eigenvalue weighted by atomic mass is 10.1. The van der Waals surface area contributed by atoms with Crippen molar-refractivity contribution in [1.29, 1.82) is 0 Å². The highest BCUT2D eigenvalue weighted by molar-refractivity contribution is 7.09. The number of nitrogens with zero attached hydrogens (tertiary/aromatic N) is 1. The molecule has 0 saturated heterocycles. The van der Waals surface area contributed by atoms with E-state index in [0.717, 1.165) is 5.69 Å². The van der Waals surface area contributed by atoms with Crippen molar-refractivity contribution in [2.24, 2.45) is 0 Å². The van der Waals surface area contributed by atoms with Gasteiger partial charge in [0.15, 0.2) is 5.69 Å². The lowest BCUT2D eigenvalue weighted by Crippen LogP contribution is -2.38. The molecule has 0 unspecified atom stereocenters. The number of carbonyl (C=O) groups is 1. The molecule has 18 heavy (non-hydrogen) atoms. The number of ketones is 1. The molecule has 0 N–H and O–H groups in total. The normalized spacial score (nSPS) is 10.7. The molecule has 0 radical (unpaired) electrons. The van der Waals surface area contributed by atoms with Crippen molar-refractivity contribution in [3.63, 3.8) is 0 Å². The molecule has 0 spiro atoms. The number of hydrogen-bond donors (Lipinski definition) is 0. The van der Waals surface area contributed by atoms with Crippen molar-refractivity contribution in [2.45, 2.75) is 20.4 Å². The molecule has 1 aromatic heterocycles. The van der Waals surface area contributed by atoms with Crippen LogP contribution < -0.4 is 4.57 Å². The molecule has 0 saturated carbocycles. The third kappa shape index (κ3) is 2.58. The van der Waals surface area contributed by atoms with Crippen molar-refractivity contribution in [3.05, 3.63) is 49.9 Å². The Bertz CT molecular complexity index is 587. The Morgan fingerprint density at radius 1 is 1.28 bits per heavy atom. The lowest BCUT2D eigenvalue weighted by Gasteiger charge is -2.03. The van der Waals surface area contributed by atoms with E-state index < -0.39 is 0 Å². The number of hydrogen-bond acceptors (Lipinski definition) is 2. The quantitative estimate of drug-likeness (QED) is 0.623. The molecule has 0 fully saturated rings. The summed E-state index contributed by atoms with van der Waals surface area (Å²) in [7, 11) is 0. The molecule has 0 aliphatic carbocycles. The third-order valence-electron chi connectivity index (χ3n) is 2.85. The van der Waals surface area contributed by atoms with Crippen molar-refractivity contribution in [2.75, 3.05) is 0 Å². The fourth-order valence-electron chi connectivity index (χ4n) is 1.66. The Balaban J connectivity index is 2.31. The zero-order chi connectivity index (χ0) is 13.3. The maximum Gasteiger partial charge on any atom is 0.230 e. The Kier molecular flexibility index (Phi) is 4.05. The van der Waals surface area contributed by atoms with Gasteiger partial charge in [-0.1, -0.05) is 40.6 Å². The van der Waals surface area contributed by atoms with E-state index in [9.17, 15) is 4.79 Å². The van der Waals surface area contributed by atoms with Crippen molar-refractivity contribution in [3.8, 4) is 0 Å². The van der Waals surface area contributed by atoms with Crippen LogP contribution in [0.2, 0.25) is 10.0 Å². The van der Waals surface area contributed by atoms with Crippen LogP contribution in [-0.2, 0) is 6.54 Å². The third-order valence-corrected chi connectivity index (χ3v) is 4.49. The summed E-state index contributed by atoms with van der Waals surface area (Å²) in [6.07, 6.45) is 0. The lowest BCUT2D eigenvalue weighted by molar-refractivity contribution is -0.684. The SMILES string of the molecule is Cc1sc[n+](CC(=O)c2c(Cl)cccc2Cl)c1C. The number of carbonyl (C=O) groups excluding carboxylic acids is 1. The van der Waals surface area contributed by atoms with Crippen molar-refractivity contribution >= 4 is 40.3 Å². The molecule has 0 bridgehead atoms. The number of aryl methyl sites for hydroxylation is 1. The predicted octanol–water partition coefficient (Wildman–Crippen LogP) is 3.84. The van der Waals surface area contributed by atoms with Crippen LogP contribution in [0.1, 0.15) is 20.9 Å². The fraction of sp³-hybridized carbons (Fsp3) is 0.231. The van der Waals surface area contributed by atoms with Crippen LogP contribution in [0.3, 0.4) is 0 Å². The monoisotopic (exact) mass is 300 g/mol. The molecule has 2 nitrogen and oxygen atoms in total. The molecule has 0 aliphatic rings. The number of benzene rings is 1. The molecular formula is C13H12Cl2NOS+. The fourth-order valence-corrected chi connectivity index (χ4v) is 3.08. The average Bonchev–Trinajstić information content (AvgIpc) is 2.61. The van der Waals surface area contributed by atoms with Crippen LogP contribution in [0.4, 0.5) is 0 Å². The Labute approximate surface area is 120 Å². The second-order valence-corrected chi connectivity index (χ2v) is 5.89. The van der Waals surface area contributed by atoms with Gasteiger partial charge < -0.3 is 0 Å². The second-order valence-electron chi connectivity index (χ2n) is 4.01. The van der Waals surface area contributed by atoms with Crippen molar-refractivity contribution < 1.29 is 9.36 Å². The largest absolute Gasteiger partial charge is 0.287 e. The van der Waals surface area contributed by atoms with E-state index in [2.05, 4.69) is 0 Å². The van der Waals surface area contributed by atoms with Crippen LogP contribution in [0, 0.1) is 13.8 Å². The molecule has 1 heterocycles. The van der Waals surface area contributed by atoms with Gasteiger partial charge in [-0.25, -0.2) is 0 Å². The molecule has 0 atom stereocenters. The second kappa shape index (κ2) is 5.39. The number of rotatable bonds is 3. The number of aromatic nitrogens is 1. The van der Waals surface area contributed by atoms with Gasteiger partial charge in [-0.15, -0.1) is 0 Å². The molecule has 5 heteroatoms. The number of thiazole rings is 1. The molecule has 94 valence electrons. The molecule has 0 aliphatic heterocycles. The number of Topliss-reactive ketones (excluding diaryl/α,β-unsaturated/α-hetero) is 1. The summed E-state index contributed by atoms with van der Waals surface area (Å²) < 4.78 is 1.92. The Hall–Kier alpha value is -0.900. The minimum atomic E-state index is -0.0727. The predicted molar refractivity (Wildman–Crippen MR) is 74.8 cm³/mol. The minimum Gasteiger partial charge on any atom is -0.287 e. The van der Waals surface area contributed by atoms with Gasteiger partial charge in [0.25, 0.3) is 0 Å². The summed E-state index contributed by atoms with van der Waals surface area (Å²) in [4.78, 5) is 13.4. The van der Waals surface area contributed by atoms with Crippen LogP contribution in [0.5, 0.6) is 0 Å². The Morgan fingerprint density at radius 2 is 1.89 bits per heavy atom. The maximum absolute atomic E-state index is 12.2. The van der Waals surface area contributed by atoms with Crippen LogP contribution in [-0.4, -0.2) is 5.78 Å². The Morgan fingerprint density at radius 3 is 2.39 bits per heavy atom. The van der Waals surface area contributed by atoms with E-state index in [-0.39, 0.29) is 12.3 Å². The molecule has 1 aromatic carbocycles.